The van der Waals surface area contributed by atoms with Crippen molar-refractivity contribution in [3.05, 3.63) is 30.7 Å². The van der Waals surface area contributed by atoms with Crippen LogP contribution in [-0.4, -0.2) is 62.0 Å². The number of carbonyl (C=O) groups excluding carboxylic acids is 1. The van der Waals surface area contributed by atoms with E-state index in [1.54, 1.807) is 39.2 Å². The van der Waals surface area contributed by atoms with Crippen LogP contribution < -0.4 is 16.0 Å². The van der Waals surface area contributed by atoms with Crippen molar-refractivity contribution in [2.45, 2.75) is 44.9 Å². The van der Waals surface area contributed by atoms with Gasteiger partial charge in [0.15, 0.2) is 0 Å². The molecular formula is C21H27N7O3. The average Bonchev–Trinajstić information content (AvgIpc) is 3.12. The Morgan fingerprint density at radius 3 is 2.81 bits per heavy atom. The fourth-order valence-corrected chi connectivity index (χ4v) is 3.81. The number of hydrogen-bond acceptors (Lipinski definition) is 8. The molecule has 4 rings (SSSR count). The van der Waals surface area contributed by atoms with Gasteiger partial charge in [0.2, 0.25) is 5.95 Å². The third kappa shape index (κ3) is 4.53. The first-order valence-corrected chi connectivity index (χ1v) is 10.2. The van der Waals surface area contributed by atoms with Crippen LogP contribution in [-0.2, 0) is 4.74 Å². The fourth-order valence-electron chi connectivity index (χ4n) is 3.81. The van der Waals surface area contributed by atoms with Crippen LogP contribution in [0, 0.1) is 0 Å². The molecule has 0 aromatic carbocycles. The number of β-amino-alcohol motifs (C(OH)–C–C–N with tert-alkyl or cyclic N) is 1. The number of amides is 1. The van der Waals surface area contributed by atoms with E-state index in [0.29, 0.717) is 30.9 Å². The minimum absolute atomic E-state index is 0.196. The predicted molar refractivity (Wildman–Crippen MR) is 118 cm³/mol. The second-order valence-electron chi connectivity index (χ2n) is 8.61. The molecule has 10 nitrogen and oxygen atoms in total. The van der Waals surface area contributed by atoms with Crippen molar-refractivity contribution in [2.24, 2.45) is 0 Å². The number of pyridine rings is 1. The van der Waals surface area contributed by atoms with E-state index in [0.717, 1.165) is 16.6 Å². The standard InChI is InChI=1S/C21H27N7O3/c1-21(2,3)31-20(30)27-14-6-9-28(11-16(14)29)15-5-8-23-18-17(15)12(10-25-18)13-4-7-24-19(22)26-13/h4-5,7-8,10,14,16,29H,6,9,11H2,1-3H3,(H,23,25)(H,27,30)(H2,22,24,26)/t14-,16-/m0/s1. The second-order valence-corrected chi connectivity index (χ2v) is 8.61. The minimum atomic E-state index is -0.749. The van der Waals surface area contributed by atoms with Gasteiger partial charge in [-0.1, -0.05) is 0 Å². The molecule has 1 aliphatic rings. The van der Waals surface area contributed by atoms with E-state index in [1.807, 2.05) is 12.3 Å². The molecule has 0 spiro atoms. The van der Waals surface area contributed by atoms with Crippen molar-refractivity contribution < 1.29 is 14.6 Å². The van der Waals surface area contributed by atoms with E-state index < -0.39 is 17.8 Å². The largest absolute Gasteiger partial charge is 0.444 e. The maximum Gasteiger partial charge on any atom is 0.407 e. The summed E-state index contributed by atoms with van der Waals surface area (Å²) in [4.78, 5) is 30.1. The maximum absolute atomic E-state index is 12.1. The molecule has 1 amide bonds. The van der Waals surface area contributed by atoms with Gasteiger partial charge in [-0.25, -0.2) is 19.7 Å². The van der Waals surface area contributed by atoms with Gasteiger partial charge in [0.25, 0.3) is 0 Å². The number of nitrogens with one attached hydrogen (secondary N) is 2. The Hall–Kier alpha value is -3.40. The lowest BCUT2D eigenvalue weighted by molar-refractivity contribution is 0.0402. The van der Waals surface area contributed by atoms with Gasteiger partial charge >= 0.3 is 6.09 Å². The predicted octanol–water partition coefficient (Wildman–Crippen LogP) is 2.07. The van der Waals surface area contributed by atoms with Crippen LogP contribution in [0.2, 0.25) is 0 Å². The van der Waals surface area contributed by atoms with Gasteiger partial charge in [-0.2, -0.15) is 0 Å². The summed E-state index contributed by atoms with van der Waals surface area (Å²) in [7, 11) is 0. The number of nitrogens with zero attached hydrogens (tertiary/aromatic N) is 4. The number of aliphatic hydroxyl groups excluding tert-OH is 1. The zero-order valence-corrected chi connectivity index (χ0v) is 17.8. The lowest BCUT2D eigenvalue weighted by atomic mass is 10.0. The molecule has 1 fully saturated rings. The number of anilines is 2. The van der Waals surface area contributed by atoms with E-state index >= 15 is 0 Å². The van der Waals surface area contributed by atoms with Crippen LogP contribution >= 0.6 is 0 Å². The molecule has 0 bridgehead atoms. The molecule has 3 aromatic rings. The van der Waals surface area contributed by atoms with Crippen molar-refractivity contribution in [1.82, 2.24) is 25.3 Å². The molecule has 0 unspecified atom stereocenters. The first-order chi connectivity index (χ1) is 14.7. The third-order valence-corrected chi connectivity index (χ3v) is 5.13. The van der Waals surface area contributed by atoms with Gasteiger partial charge in [-0.05, 0) is 39.3 Å². The van der Waals surface area contributed by atoms with Crippen molar-refractivity contribution in [3.63, 3.8) is 0 Å². The van der Waals surface area contributed by atoms with Gasteiger partial charge in [0.05, 0.1) is 28.9 Å². The van der Waals surface area contributed by atoms with Crippen LogP contribution in [0.1, 0.15) is 27.2 Å². The number of nitrogens with two attached hydrogens (primary N) is 1. The Morgan fingerprint density at radius 1 is 1.32 bits per heavy atom. The molecule has 164 valence electrons. The van der Waals surface area contributed by atoms with E-state index in [2.05, 4.69) is 30.2 Å². The molecule has 3 aromatic heterocycles. The quantitative estimate of drug-likeness (QED) is 0.499. The van der Waals surface area contributed by atoms with Gasteiger partial charge in [0.1, 0.15) is 11.2 Å². The topological polar surface area (TPSA) is 142 Å². The summed E-state index contributed by atoms with van der Waals surface area (Å²) in [5.74, 6) is 0.196. The fraction of sp³-hybridized carbons (Fsp3) is 0.429. The first-order valence-electron chi connectivity index (χ1n) is 10.2. The zero-order valence-electron chi connectivity index (χ0n) is 17.8. The number of fused-ring (bicyclic) bond motifs is 1. The number of piperidine rings is 1. The highest BCUT2D eigenvalue weighted by Gasteiger charge is 2.31. The normalized spacial score (nSPS) is 19.4. The number of aromatic amines is 1. The zero-order chi connectivity index (χ0) is 22.2. The van der Waals surface area contributed by atoms with Crippen LogP contribution in [0.3, 0.4) is 0 Å². The molecule has 1 aliphatic heterocycles. The van der Waals surface area contributed by atoms with Crippen LogP contribution in [0.25, 0.3) is 22.3 Å². The molecule has 2 atom stereocenters. The Bertz CT molecular complexity index is 1090. The average molecular weight is 425 g/mol. The number of aromatic nitrogens is 4. The van der Waals surface area contributed by atoms with Crippen LogP contribution in [0.15, 0.2) is 30.7 Å². The Kier molecular flexibility index (Phi) is 5.40. The van der Waals surface area contributed by atoms with Crippen molar-refractivity contribution >= 4 is 28.8 Å². The molecule has 4 heterocycles. The van der Waals surface area contributed by atoms with Gasteiger partial charge in [-0.3, -0.25) is 0 Å². The van der Waals surface area contributed by atoms with Gasteiger partial charge in [0, 0.05) is 37.2 Å². The molecule has 0 saturated carbocycles. The molecular weight excluding hydrogens is 398 g/mol. The number of rotatable bonds is 3. The van der Waals surface area contributed by atoms with Crippen molar-refractivity contribution in [1.29, 1.82) is 0 Å². The molecule has 10 heteroatoms. The highest BCUT2D eigenvalue weighted by molar-refractivity contribution is 6.02. The Balaban J connectivity index is 1.57. The first kappa shape index (κ1) is 20.9. The number of H-pyrrole nitrogens is 1. The number of hydrogen-bond donors (Lipinski definition) is 4. The van der Waals surface area contributed by atoms with E-state index in [-0.39, 0.29) is 12.0 Å². The molecule has 1 saturated heterocycles. The Labute approximate surface area is 179 Å². The summed E-state index contributed by atoms with van der Waals surface area (Å²) in [6, 6.07) is 3.33. The van der Waals surface area contributed by atoms with Crippen molar-refractivity contribution in [2.75, 3.05) is 23.7 Å². The number of alkyl carbamates (subject to hydrolysis) is 1. The minimum Gasteiger partial charge on any atom is -0.444 e. The number of carbonyl (C=O) groups is 1. The smallest absolute Gasteiger partial charge is 0.407 e. The Morgan fingerprint density at radius 2 is 2.10 bits per heavy atom. The van der Waals surface area contributed by atoms with Crippen molar-refractivity contribution in [3.8, 4) is 11.3 Å². The van der Waals surface area contributed by atoms with Gasteiger partial charge < -0.3 is 30.8 Å². The molecule has 5 N–H and O–H groups in total. The number of ether oxygens (including phenoxy) is 1. The molecule has 0 radical (unpaired) electrons. The molecule has 31 heavy (non-hydrogen) atoms. The van der Waals surface area contributed by atoms with E-state index in [9.17, 15) is 9.90 Å². The maximum atomic E-state index is 12.1. The summed E-state index contributed by atoms with van der Waals surface area (Å²) in [6.07, 6.45) is 4.49. The second kappa shape index (κ2) is 8.03. The highest BCUT2D eigenvalue weighted by Crippen LogP contribution is 2.35. The lowest BCUT2D eigenvalue weighted by Crippen LogP contribution is -2.54. The molecule has 0 aliphatic carbocycles. The summed E-state index contributed by atoms with van der Waals surface area (Å²) < 4.78 is 5.31. The van der Waals surface area contributed by atoms with E-state index in [1.165, 1.54) is 0 Å². The number of aliphatic hydroxyl groups is 1. The number of nitrogen functional groups attached to an aromatic ring is 1. The van der Waals surface area contributed by atoms with Gasteiger partial charge in [-0.15, -0.1) is 0 Å². The highest BCUT2D eigenvalue weighted by atomic mass is 16.6. The summed E-state index contributed by atoms with van der Waals surface area (Å²) in [5, 5.41) is 14.4. The summed E-state index contributed by atoms with van der Waals surface area (Å²) in [5.41, 5.74) is 8.36. The summed E-state index contributed by atoms with van der Waals surface area (Å²) in [6.45, 7) is 6.42. The van der Waals surface area contributed by atoms with Crippen LogP contribution in [0.5, 0.6) is 0 Å². The summed E-state index contributed by atoms with van der Waals surface area (Å²) >= 11 is 0. The van der Waals surface area contributed by atoms with E-state index in [4.69, 9.17) is 10.5 Å². The monoisotopic (exact) mass is 425 g/mol. The SMILES string of the molecule is CC(C)(C)OC(=O)N[C@H]1CCN(c2ccnc3[nH]cc(-c4ccnc(N)n4)c23)C[C@@H]1O. The van der Waals surface area contributed by atoms with Crippen LogP contribution in [0.4, 0.5) is 16.4 Å². The third-order valence-electron chi connectivity index (χ3n) is 5.13. The lowest BCUT2D eigenvalue weighted by Gasteiger charge is -2.38.